The van der Waals surface area contributed by atoms with Crippen LogP contribution in [0.5, 0.6) is 5.75 Å². The van der Waals surface area contributed by atoms with E-state index in [9.17, 15) is 24.6 Å². The Bertz CT molecular complexity index is 1460. The van der Waals surface area contributed by atoms with Gasteiger partial charge in [-0.3, -0.25) is 9.69 Å². The lowest BCUT2D eigenvalue weighted by atomic mass is 10.00. The molecule has 4 aliphatic rings. The first-order valence-corrected chi connectivity index (χ1v) is 18.0. The number of aliphatic hydroxyl groups is 1. The standard InChI is InChI=1S/C37H52N6O6/c1-26-23-28(24-27(2)34(26)45)25-33(35(46)41-19-17-40(18-20-41)30-8-12-39(13-9-30)21-22-44)49-37(48)42-14-10-31(11-15-42)43-16-7-29-5-3-4-6-32(29)38-36(43)47/h3-6,23-24,30-31,33,44-45H,7-22,25H2,1-2H3,(H,38,47)/t33-/m1/s1. The number of amides is 4. The Morgan fingerprint density at radius 1 is 0.878 bits per heavy atom. The number of urea groups is 1. The molecule has 12 nitrogen and oxygen atoms in total. The Hall–Kier alpha value is -3.87. The normalized spacial score (nSPS) is 20.8. The monoisotopic (exact) mass is 676 g/mol. The molecular weight excluding hydrogens is 624 g/mol. The minimum absolute atomic E-state index is 0.0111. The minimum Gasteiger partial charge on any atom is -0.507 e. The predicted octanol–water partition coefficient (Wildman–Crippen LogP) is 3.21. The van der Waals surface area contributed by atoms with Crippen LogP contribution in [0.4, 0.5) is 15.3 Å². The largest absolute Gasteiger partial charge is 0.507 e. The van der Waals surface area contributed by atoms with E-state index >= 15 is 0 Å². The van der Waals surface area contributed by atoms with Gasteiger partial charge in [0.15, 0.2) is 6.10 Å². The Morgan fingerprint density at radius 3 is 2.20 bits per heavy atom. The van der Waals surface area contributed by atoms with Gasteiger partial charge in [-0.15, -0.1) is 0 Å². The van der Waals surface area contributed by atoms with Gasteiger partial charge in [0, 0.05) is 76.5 Å². The number of ether oxygens (including phenoxy) is 1. The summed E-state index contributed by atoms with van der Waals surface area (Å²) in [6.45, 7) is 10.7. The zero-order valence-electron chi connectivity index (χ0n) is 29.0. The van der Waals surface area contributed by atoms with E-state index in [4.69, 9.17) is 4.74 Å². The number of para-hydroxylation sites is 1. The average Bonchev–Trinajstić information content (AvgIpc) is 3.28. The summed E-state index contributed by atoms with van der Waals surface area (Å²) in [5, 5.41) is 22.7. The van der Waals surface area contributed by atoms with Crippen molar-refractivity contribution in [2.24, 2.45) is 0 Å². The number of β-amino-alcohol motifs (C(OH)–C–C–N with tert-alkyl or cyclic N) is 1. The van der Waals surface area contributed by atoms with E-state index in [1.54, 1.807) is 4.90 Å². The molecule has 3 N–H and O–H groups in total. The molecule has 6 rings (SSSR count). The minimum atomic E-state index is -0.989. The Balaban J connectivity index is 1.07. The molecule has 3 saturated heterocycles. The van der Waals surface area contributed by atoms with Crippen LogP contribution in [0.2, 0.25) is 0 Å². The third kappa shape index (κ3) is 8.30. The van der Waals surface area contributed by atoms with Crippen LogP contribution in [0, 0.1) is 13.8 Å². The highest BCUT2D eigenvalue weighted by atomic mass is 16.6. The number of likely N-dealkylation sites (tertiary alicyclic amines) is 2. The molecule has 12 heteroatoms. The van der Waals surface area contributed by atoms with Gasteiger partial charge in [0.25, 0.3) is 5.91 Å². The third-order valence-electron chi connectivity index (χ3n) is 10.9. The van der Waals surface area contributed by atoms with Crippen molar-refractivity contribution in [2.45, 2.75) is 70.6 Å². The lowest BCUT2D eigenvalue weighted by molar-refractivity contribution is -0.143. The number of phenolic OH excluding ortho intramolecular Hbond substituents is 1. The lowest BCUT2D eigenvalue weighted by Gasteiger charge is -2.43. The number of nitrogens with one attached hydrogen (secondary N) is 1. The number of phenols is 1. The molecule has 4 heterocycles. The zero-order valence-corrected chi connectivity index (χ0v) is 29.0. The Kier molecular flexibility index (Phi) is 11.3. The highest BCUT2D eigenvalue weighted by Gasteiger charge is 2.36. The Morgan fingerprint density at radius 2 is 1.53 bits per heavy atom. The number of aryl methyl sites for hydroxylation is 2. The number of aliphatic hydroxyl groups excluding tert-OH is 1. The maximum atomic E-state index is 14.1. The number of carbonyl (C=O) groups excluding carboxylic acids is 3. The van der Waals surface area contributed by atoms with E-state index in [0.717, 1.165) is 68.8 Å². The number of piperazine rings is 1. The predicted molar refractivity (Wildman–Crippen MR) is 187 cm³/mol. The van der Waals surface area contributed by atoms with Crippen LogP contribution in [0.3, 0.4) is 0 Å². The number of fused-ring (bicyclic) bond motifs is 1. The third-order valence-corrected chi connectivity index (χ3v) is 10.9. The van der Waals surface area contributed by atoms with Crippen LogP contribution in [-0.2, 0) is 22.4 Å². The highest BCUT2D eigenvalue weighted by Crippen LogP contribution is 2.27. The van der Waals surface area contributed by atoms with Crippen molar-refractivity contribution in [3.8, 4) is 5.75 Å². The fourth-order valence-corrected chi connectivity index (χ4v) is 8.01. The molecule has 2 aromatic carbocycles. The number of benzene rings is 2. The van der Waals surface area contributed by atoms with Gasteiger partial charge in [0.2, 0.25) is 0 Å². The summed E-state index contributed by atoms with van der Waals surface area (Å²) >= 11 is 0. The van der Waals surface area contributed by atoms with Crippen LogP contribution in [0.1, 0.15) is 47.9 Å². The average molecular weight is 677 g/mol. The first kappa shape index (κ1) is 35.0. The summed E-state index contributed by atoms with van der Waals surface area (Å²) < 4.78 is 6.06. The van der Waals surface area contributed by atoms with Crippen LogP contribution in [0.15, 0.2) is 36.4 Å². The van der Waals surface area contributed by atoms with Crippen molar-refractivity contribution in [2.75, 3.05) is 77.4 Å². The van der Waals surface area contributed by atoms with Crippen LogP contribution in [-0.4, -0.2) is 143 Å². The summed E-state index contributed by atoms with van der Waals surface area (Å²) in [4.78, 5) is 50.9. The second kappa shape index (κ2) is 15.8. The SMILES string of the molecule is Cc1cc(C[C@@H](OC(=O)N2CCC(N3CCc4ccccc4NC3=O)CC2)C(=O)N2CCN(C3CCN(CCO)CC3)CC2)cc(C)c1O. The van der Waals surface area contributed by atoms with Crippen molar-refractivity contribution in [1.82, 2.24) is 24.5 Å². The molecular formula is C37H52N6O6. The second-order valence-corrected chi connectivity index (χ2v) is 14.1. The summed E-state index contributed by atoms with van der Waals surface area (Å²) in [6, 6.07) is 12.0. The molecule has 0 radical (unpaired) electrons. The molecule has 3 fully saturated rings. The van der Waals surface area contributed by atoms with Crippen molar-refractivity contribution >= 4 is 23.7 Å². The first-order valence-electron chi connectivity index (χ1n) is 18.0. The van der Waals surface area contributed by atoms with Gasteiger partial charge in [0.1, 0.15) is 5.75 Å². The number of carbonyl (C=O) groups is 3. The molecule has 0 aromatic heterocycles. The molecule has 0 bridgehead atoms. The zero-order chi connectivity index (χ0) is 34.5. The number of nitrogens with zero attached hydrogens (tertiary/aromatic N) is 5. The number of hydrogen-bond donors (Lipinski definition) is 3. The van der Waals surface area contributed by atoms with Gasteiger partial charge in [0.05, 0.1) is 6.61 Å². The Labute approximate surface area is 289 Å². The fraction of sp³-hybridized carbons (Fsp3) is 0.595. The van der Waals surface area contributed by atoms with Crippen molar-refractivity contribution < 1.29 is 29.3 Å². The highest BCUT2D eigenvalue weighted by molar-refractivity contribution is 5.91. The van der Waals surface area contributed by atoms with Gasteiger partial charge >= 0.3 is 12.1 Å². The molecule has 0 aliphatic carbocycles. The van der Waals surface area contributed by atoms with Gasteiger partial charge in [-0.1, -0.05) is 30.3 Å². The van der Waals surface area contributed by atoms with E-state index in [0.29, 0.717) is 62.7 Å². The number of hydrogen-bond acceptors (Lipinski definition) is 8. The maximum absolute atomic E-state index is 14.1. The molecule has 4 aliphatic heterocycles. The number of rotatable bonds is 8. The maximum Gasteiger partial charge on any atom is 0.410 e. The smallest absolute Gasteiger partial charge is 0.410 e. The number of aromatic hydroxyl groups is 1. The molecule has 0 spiro atoms. The van der Waals surface area contributed by atoms with Gasteiger partial charge in [-0.2, -0.15) is 0 Å². The molecule has 2 aromatic rings. The number of piperidine rings is 2. The number of anilines is 1. The molecule has 4 amide bonds. The summed E-state index contributed by atoms with van der Waals surface area (Å²) in [5.74, 6) is 0.0385. The van der Waals surface area contributed by atoms with Crippen LogP contribution >= 0.6 is 0 Å². The van der Waals surface area contributed by atoms with E-state index in [1.165, 1.54) is 0 Å². The van der Waals surface area contributed by atoms with Gasteiger partial charge in [-0.05, 0) is 87.4 Å². The second-order valence-electron chi connectivity index (χ2n) is 14.1. The fourth-order valence-electron chi connectivity index (χ4n) is 8.01. The van der Waals surface area contributed by atoms with Crippen molar-refractivity contribution in [3.05, 3.63) is 58.7 Å². The van der Waals surface area contributed by atoms with Crippen molar-refractivity contribution in [1.29, 1.82) is 0 Å². The molecule has 1 atom stereocenters. The quantitative estimate of drug-likeness (QED) is 0.389. The van der Waals surface area contributed by atoms with Crippen LogP contribution < -0.4 is 5.32 Å². The molecule has 0 saturated carbocycles. The van der Waals surface area contributed by atoms with E-state index in [1.807, 2.05) is 60.0 Å². The van der Waals surface area contributed by atoms with Crippen LogP contribution in [0.25, 0.3) is 0 Å². The van der Waals surface area contributed by atoms with E-state index in [-0.39, 0.29) is 36.8 Å². The first-order chi connectivity index (χ1) is 23.7. The van der Waals surface area contributed by atoms with Crippen molar-refractivity contribution in [3.63, 3.8) is 0 Å². The summed E-state index contributed by atoms with van der Waals surface area (Å²) in [7, 11) is 0. The lowest BCUT2D eigenvalue weighted by Crippen LogP contribution is -2.56. The van der Waals surface area contributed by atoms with Gasteiger partial charge in [-0.25, -0.2) is 9.59 Å². The molecule has 0 unspecified atom stereocenters. The molecule has 266 valence electrons. The van der Waals surface area contributed by atoms with E-state index < -0.39 is 12.2 Å². The van der Waals surface area contributed by atoms with E-state index in [2.05, 4.69) is 15.1 Å². The summed E-state index contributed by atoms with van der Waals surface area (Å²) in [6.07, 6.45) is 2.88. The topological polar surface area (TPSA) is 129 Å². The molecule has 49 heavy (non-hydrogen) atoms. The van der Waals surface area contributed by atoms with Gasteiger partial charge < -0.3 is 39.9 Å². The summed E-state index contributed by atoms with van der Waals surface area (Å²) in [5.41, 5.74) is 4.24.